The van der Waals surface area contributed by atoms with Gasteiger partial charge in [0, 0.05) is 22.4 Å². The molecule has 1 heterocycles. The maximum atomic E-state index is 13.5. The molecule has 31 heavy (non-hydrogen) atoms. The number of nitrogens with zero attached hydrogens (tertiary/aromatic N) is 1. The highest BCUT2D eigenvalue weighted by Crippen LogP contribution is 2.31. The van der Waals surface area contributed by atoms with Crippen molar-refractivity contribution in [2.24, 2.45) is 0 Å². The molecular formula is C24H24ClNO5. The normalized spacial score (nSPS) is 11.5. The van der Waals surface area contributed by atoms with Crippen molar-refractivity contribution >= 4 is 40.3 Å². The van der Waals surface area contributed by atoms with E-state index in [2.05, 4.69) is 0 Å². The third-order valence-electron chi connectivity index (χ3n) is 4.72. The first-order chi connectivity index (χ1) is 14.5. The van der Waals surface area contributed by atoms with E-state index >= 15 is 0 Å². The lowest BCUT2D eigenvalue weighted by molar-refractivity contribution is -0.136. The van der Waals surface area contributed by atoms with Crippen LogP contribution in [0.15, 0.2) is 42.5 Å². The standard InChI is InChI=1S/C24H24ClNO5/c1-14-5-10-17-18(11-12-20(27)28)21(22(29)15-6-8-16(25)9-7-15)26(19(17)13-14)23(30)31-24(2,3)4/h5-10,13H,11-12H2,1-4H3,(H,27,28). The molecule has 0 saturated heterocycles. The number of rotatable bonds is 5. The van der Waals surface area contributed by atoms with Crippen molar-refractivity contribution in [3.63, 3.8) is 0 Å². The summed E-state index contributed by atoms with van der Waals surface area (Å²) < 4.78 is 6.86. The number of hydrogen-bond donors (Lipinski definition) is 1. The van der Waals surface area contributed by atoms with Crippen LogP contribution in [0.1, 0.15) is 54.4 Å². The maximum Gasteiger partial charge on any atom is 0.419 e. The number of halogens is 1. The Bertz CT molecular complexity index is 1170. The molecule has 0 saturated carbocycles. The SMILES string of the molecule is Cc1ccc2c(CCC(=O)O)c(C(=O)c3ccc(Cl)cc3)n(C(=O)OC(C)(C)C)c2c1. The first-order valence-electron chi connectivity index (χ1n) is 9.87. The predicted molar refractivity (Wildman–Crippen MR) is 119 cm³/mol. The second-order valence-electron chi connectivity index (χ2n) is 8.39. The van der Waals surface area contributed by atoms with Gasteiger partial charge in [-0.15, -0.1) is 0 Å². The monoisotopic (exact) mass is 441 g/mol. The summed E-state index contributed by atoms with van der Waals surface area (Å²) in [5.41, 5.74) is 1.57. The van der Waals surface area contributed by atoms with Crippen LogP contribution >= 0.6 is 11.6 Å². The lowest BCUT2D eigenvalue weighted by Gasteiger charge is -2.21. The van der Waals surface area contributed by atoms with Gasteiger partial charge in [-0.05, 0) is 75.6 Å². The molecule has 6 nitrogen and oxygen atoms in total. The van der Waals surface area contributed by atoms with E-state index in [4.69, 9.17) is 16.3 Å². The van der Waals surface area contributed by atoms with Crippen LogP contribution in [0.3, 0.4) is 0 Å². The molecule has 0 radical (unpaired) electrons. The Balaban J connectivity index is 2.31. The third-order valence-corrected chi connectivity index (χ3v) is 4.97. The molecule has 0 aliphatic heterocycles. The van der Waals surface area contributed by atoms with E-state index in [1.165, 1.54) is 4.57 Å². The van der Waals surface area contributed by atoms with Gasteiger partial charge in [0.2, 0.25) is 5.78 Å². The smallest absolute Gasteiger partial charge is 0.419 e. The van der Waals surface area contributed by atoms with Crippen molar-refractivity contribution in [3.05, 3.63) is 69.9 Å². The van der Waals surface area contributed by atoms with Crippen LogP contribution in [0.2, 0.25) is 5.02 Å². The van der Waals surface area contributed by atoms with Gasteiger partial charge in [-0.3, -0.25) is 9.59 Å². The maximum absolute atomic E-state index is 13.5. The number of benzene rings is 2. The molecule has 162 valence electrons. The van der Waals surface area contributed by atoms with Crippen molar-refractivity contribution in [2.45, 2.75) is 46.1 Å². The molecule has 0 aliphatic carbocycles. The Hall–Kier alpha value is -3.12. The fourth-order valence-electron chi connectivity index (χ4n) is 3.42. The van der Waals surface area contributed by atoms with E-state index in [1.54, 1.807) is 57.2 Å². The number of hydrogen-bond acceptors (Lipinski definition) is 4. The summed E-state index contributed by atoms with van der Waals surface area (Å²) in [6.07, 6.45) is -0.774. The first kappa shape index (κ1) is 22.6. The average Bonchev–Trinajstić information content (AvgIpc) is 2.98. The summed E-state index contributed by atoms with van der Waals surface area (Å²) in [4.78, 5) is 38.0. The molecule has 3 rings (SSSR count). The summed E-state index contributed by atoms with van der Waals surface area (Å²) in [7, 11) is 0. The van der Waals surface area contributed by atoms with Gasteiger partial charge in [0.25, 0.3) is 0 Å². The molecule has 0 aliphatic rings. The van der Waals surface area contributed by atoms with Crippen molar-refractivity contribution in [3.8, 4) is 0 Å². The van der Waals surface area contributed by atoms with Gasteiger partial charge in [-0.1, -0.05) is 23.7 Å². The van der Waals surface area contributed by atoms with E-state index < -0.39 is 23.4 Å². The fraction of sp³-hybridized carbons (Fsp3) is 0.292. The number of aryl methyl sites for hydroxylation is 2. The zero-order chi connectivity index (χ0) is 22.9. The third kappa shape index (κ3) is 4.97. The minimum atomic E-state index is -0.991. The fourth-order valence-corrected chi connectivity index (χ4v) is 3.55. The highest BCUT2D eigenvalue weighted by atomic mass is 35.5. The second kappa shape index (κ2) is 8.55. The lowest BCUT2D eigenvalue weighted by atomic mass is 9.99. The Kier molecular flexibility index (Phi) is 6.23. The van der Waals surface area contributed by atoms with Gasteiger partial charge in [-0.25, -0.2) is 9.36 Å². The van der Waals surface area contributed by atoms with Crippen LogP contribution in [0.25, 0.3) is 10.9 Å². The number of carbonyl (C=O) groups is 3. The summed E-state index contributed by atoms with van der Waals surface area (Å²) in [6.45, 7) is 7.11. The summed E-state index contributed by atoms with van der Waals surface area (Å²) >= 11 is 5.96. The number of fused-ring (bicyclic) bond motifs is 1. The lowest BCUT2D eigenvalue weighted by Crippen LogP contribution is -2.29. The number of ketones is 1. The zero-order valence-corrected chi connectivity index (χ0v) is 18.6. The van der Waals surface area contributed by atoms with Crippen LogP contribution in [0.4, 0.5) is 4.79 Å². The van der Waals surface area contributed by atoms with E-state index in [0.29, 0.717) is 27.1 Å². The van der Waals surface area contributed by atoms with Gasteiger partial charge < -0.3 is 9.84 Å². The molecule has 2 aromatic carbocycles. The van der Waals surface area contributed by atoms with Gasteiger partial charge in [-0.2, -0.15) is 0 Å². The van der Waals surface area contributed by atoms with Gasteiger partial charge in [0.05, 0.1) is 5.52 Å². The number of ether oxygens (including phenoxy) is 1. The molecule has 3 aromatic rings. The summed E-state index contributed by atoms with van der Waals surface area (Å²) in [5.74, 6) is -1.40. The van der Waals surface area contributed by atoms with Crippen molar-refractivity contribution in [1.29, 1.82) is 0 Å². The number of aromatic nitrogens is 1. The molecule has 0 amide bonds. The Morgan fingerprint density at radius 1 is 1.06 bits per heavy atom. The van der Waals surface area contributed by atoms with Gasteiger partial charge >= 0.3 is 12.1 Å². The average molecular weight is 442 g/mol. The van der Waals surface area contributed by atoms with Crippen LogP contribution < -0.4 is 0 Å². The molecular weight excluding hydrogens is 418 g/mol. The summed E-state index contributed by atoms with van der Waals surface area (Å²) in [5, 5.41) is 10.4. The molecule has 0 unspecified atom stereocenters. The molecule has 1 aromatic heterocycles. The zero-order valence-electron chi connectivity index (χ0n) is 17.9. The summed E-state index contributed by atoms with van der Waals surface area (Å²) in [6, 6.07) is 11.8. The Morgan fingerprint density at radius 3 is 2.29 bits per heavy atom. The van der Waals surface area contributed by atoms with E-state index in [9.17, 15) is 19.5 Å². The number of carboxylic acid groups (broad SMARTS) is 1. The van der Waals surface area contributed by atoms with Crippen LogP contribution in [0, 0.1) is 6.92 Å². The predicted octanol–water partition coefficient (Wildman–Crippen LogP) is 5.63. The van der Waals surface area contributed by atoms with Crippen LogP contribution in [-0.2, 0) is 16.0 Å². The van der Waals surface area contributed by atoms with Gasteiger partial charge in [0.1, 0.15) is 11.3 Å². The van der Waals surface area contributed by atoms with Crippen molar-refractivity contribution in [2.75, 3.05) is 0 Å². The number of aliphatic carboxylic acids is 1. The second-order valence-corrected chi connectivity index (χ2v) is 8.83. The molecule has 7 heteroatoms. The van der Waals surface area contributed by atoms with E-state index in [1.807, 2.05) is 13.0 Å². The molecule has 1 N–H and O–H groups in total. The first-order valence-corrected chi connectivity index (χ1v) is 10.2. The van der Waals surface area contributed by atoms with Crippen LogP contribution in [0.5, 0.6) is 0 Å². The number of carboxylic acids is 1. The molecule has 0 bridgehead atoms. The van der Waals surface area contributed by atoms with E-state index in [-0.39, 0.29) is 18.5 Å². The molecule has 0 fully saturated rings. The Labute approximate surface area is 185 Å². The van der Waals surface area contributed by atoms with Gasteiger partial charge in [0.15, 0.2) is 0 Å². The minimum Gasteiger partial charge on any atom is -0.481 e. The highest BCUT2D eigenvalue weighted by Gasteiger charge is 2.30. The number of carbonyl (C=O) groups excluding carboxylic acids is 2. The highest BCUT2D eigenvalue weighted by molar-refractivity contribution is 6.30. The Morgan fingerprint density at radius 2 is 1.71 bits per heavy atom. The van der Waals surface area contributed by atoms with E-state index in [0.717, 1.165) is 5.56 Å². The largest absolute Gasteiger partial charge is 0.481 e. The van der Waals surface area contributed by atoms with Crippen molar-refractivity contribution < 1.29 is 24.2 Å². The van der Waals surface area contributed by atoms with Crippen LogP contribution in [-0.4, -0.2) is 33.1 Å². The molecule has 0 spiro atoms. The van der Waals surface area contributed by atoms with Crippen molar-refractivity contribution in [1.82, 2.24) is 4.57 Å². The minimum absolute atomic E-state index is 0.0966. The molecule has 0 atom stereocenters. The topological polar surface area (TPSA) is 85.6 Å². The quantitative estimate of drug-likeness (QED) is 0.518.